The van der Waals surface area contributed by atoms with Crippen molar-refractivity contribution in [2.45, 2.75) is 46.0 Å². The number of para-hydroxylation sites is 1. The molecule has 0 unspecified atom stereocenters. The number of nitrogens with zero attached hydrogens (tertiary/aromatic N) is 1. The van der Waals surface area contributed by atoms with Gasteiger partial charge >= 0.3 is 11.8 Å². The van der Waals surface area contributed by atoms with E-state index in [2.05, 4.69) is 39.8 Å². The maximum Gasteiger partial charge on any atom is 0.313 e. The minimum absolute atomic E-state index is 0.433. The molecule has 1 aliphatic heterocycles. The number of benzene rings is 2. The van der Waals surface area contributed by atoms with Crippen molar-refractivity contribution in [1.82, 2.24) is 5.32 Å². The van der Waals surface area contributed by atoms with E-state index in [0.717, 1.165) is 29.8 Å². The van der Waals surface area contributed by atoms with E-state index in [0.29, 0.717) is 18.7 Å². The van der Waals surface area contributed by atoms with E-state index in [1.165, 1.54) is 31.4 Å². The fraction of sp³-hybridized carbons (Fsp3) is 0.417. The van der Waals surface area contributed by atoms with Crippen molar-refractivity contribution in [3.8, 4) is 0 Å². The number of hydrogen-bond donors (Lipinski definition) is 2. The first-order valence-corrected chi connectivity index (χ1v) is 10.5. The molecule has 1 saturated heterocycles. The van der Waals surface area contributed by atoms with E-state index in [4.69, 9.17) is 0 Å². The Labute approximate surface area is 173 Å². The first kappa shape index (κ1) is 20.9. The molecule has 1 aliphatic rings. The topological polar surface area (TPSA) is 61.4 Å². The molecule has 3 rings (SSSR count). The predicted molar refractivity (Wildman–Crippen MR) is 118 cm³/mol. The maximum absolute atomic E-state index is 12.2. The molecule has 1 fully saturated rings. The third kappa shape index (κ3) is 5.83. The van der Waals surface area contributed by atoms with E-state index < -0.39 is 11.8 Å². The molecule has 2 amide bonds. The van der Waals surface area contributed by atoms with Gasteiger partial charge in [0.1, 0.15) is 0 Å². The van der Waals surface area contributed by atoms with Crippen LogP contribution in [0.1, 0.15) is 42.4 Å². The Morgan fingerprint density at radius 2 is 1.48 bits per heavy atom. The molecule has 1 heterocycles. The number of anilines is 2. The minimum Gasteiger partial charge on any atom is -0.372 e. The molecule has 0 aromatic heterocycles. The first-order valence-electron chi connectivity index (χ1n) is 10.5. The first-order chi connectivity index (χ1) is 14.0. The molecule has 0 bridgehead atoms. The summed E-state index contributed by atoms with van der Waals surface area (Å²) in [5, 5.41) is 5.43. The molecular weight excluding hydrogens is 362 g/mol. The van der Waals surface area contributed by atoms with Gasteiger partial charge in [0.05, 0.1) is 0 Å². The highest BCUT2D eigenvalue weighted by Crippen LogP contribution is 2.20. The standard InChI is InChI=1S/C24H31N3O2/c1-18-8-7-9-19(2)22(18)26-24(29)23(28)25-15-14-20-10-12-21(13-11-20)27-16-5-3-4-6-17-27/h7-13H,3-6,14-17H2,1-2H3,(H,25,28)(H,26,29). The monoisotopic (exact) mass is 393 g/mol. The number of rotatable bonds is 5. The third-order valence-electron chi connectivity index (χ3n) is 5.53. The zero-order valence-corrected chi connectivity index (χ0v) is 17.5. The van der Waals surface area contributed by atoms with E-state index >= 15 is 0 Å². The second-order valence-electron chi connectivity index (χ2n) is 7.79. The van der Waals surface area contributed by atoms with Crippen LogP contribution in [-0.4, -0.2) is 31.4 Å². The summed E-state index contributed by atoms with van der Waals surface area (Å²) in [6.07, 6.45) is 5.87. The zero-order chi connectivity index (χ0) is 20.6. The molecule has 0 radical (unpaired) electrons. The molecule has 0 atom stereocenters. The number of hydrogen-bond acceptors (Lipinski definition) is 3. The van der Waals surface area contributed by atoms with Crippen molar-refractivity contribution < 1.29 is 9.59 Å². The van der Waals surface area contributed by atoms with E-state index in [1.54, 1.807) is 0 Å². The largest absolute Gasteiger partial charge is 0.372 e. The Hall–Kier alpha value is -2.82. The predicted octanol–water partition coefficient (Wildman–Crippen LogP) is 3.98. The van der Waals surface area contributed by atoms with Crippen molar-refractivity contribution in [1.29, 1.82) is 0 Å². The zero-order valence-electron chi connectivity index (χ0n) is 17.5. The number of amides is 2. The number of nitrogens with one attached hydrogen (secondary N) is 2. The molecule has 2 aromatic rings. The summed E-state index contributed by atoms with van der Waals surface area (Å²) in [6, 6.07) is 14.3. The number of carbonyl (C=O) groups excluding carboxylic acids is 2. The van der Waals surface area contributed by atoms with E-state index in [1.807, 2.05) is 32.0 Å². The third-order valence-corrected chi connectivity index (χ3v) is 5.53. The summed E-state index contributed by atoms with van der Waals surface area (Å²) in [5.41, 5.74) is 5.01. The van der Waals surface area contributed by atoms with Crippen LogP contribution in [0.25, 0.3) is 0 Å². The van der Waals surface area contributed by atoms with Crippen molar-refractivity contribution in [3.05, 3.63) is 59.2 Å². The van der Waals surface area contributed by atoms with Crippen molar-refractivity contribution in [2.75, 3.05) is 29.9 Å². The Kier molecular flexibility index (Phi) is 7.28. The van der Waals surface area contributed by atoms with Gasteiger partial charge in [-0.15, -0.1) is 0 Å². The van der Waals surface area contributed by atoms with Gasteiger partial charge < -0.3 is 15.5 Å². The van der Waals surface area contributed by atoms with Gasteiger partial charge in [-0.1, -0.05) is 43.2 Å². The average Bonchev–Trinajstić information content (AvgIpc) is 3.01. The average molecular weight is 394 g/mol. The van der Waals surface area contributed by atoms with E-state index in [9.17, 15) is 9.59 Å². The fourth-order valence-corrected chi connectivity index (χ4v) is 3.78. The van der Waals surface area contributed by atoms with Gasteiger partial charge in [-0.2, -0.15) is 0 Å². The summed E-state index contributed by atoms with van der Waals surface area (Å²) in [5.74, 6) is -1.23. The molecule has 0 spiro atoms. The van der Waals surface area contributed by atoms with Crippen LogP contribution in [0.2, 0.25) is 0 Å². The van der Waals surface area contributed by atoms with Gasteiger partial charge in [0.2, 0.25) is 0 Å². The lowest BCUT2D eigenvalue weighted by Crippen LogP contribution is -2.36. The normalized spacial score (nSPS) is 14.2. The smallest absolute Gasteiger partial charge is 0.313 e. The van der Waals surface area contributed by atoms with Gasteiger partial charge in [-0.05, 0) is 61.9 Å². The second kappa shape index (κ2) is 10.1. The molecule has 29 heavy (non-hydrogen) atoms. The van der Waals surface area contributed by atoms with Crippen molar-refractivity contribution in [2.24, 2.45) is 0 Å². The Balaban J connectivity index is 1.46. The molecule has 5 heteroatoms. The van der Waals surface area contributed by atoms with Crippen LogP contribution < -0.4 is 15.5 Å². The summed E-state index contributed by atoms with van der Waals surface area (Å²) >= 11 is 0. The second-order valence-corrected chi connectivity index (χ2v) is 7.79. The van der Waals surface area contributed by atoms with Crippen molar-refractivity contribution in [3.63, 3.8) is 0 Å². The Morgan fingerprint density at radius 1 is 0.862 bits per heavy atom. The lowest BCUT2D eigenvalue weighted by molar-refractivity contribution is -0.136. The van der Waals surface area contributed by atoms with Crippen LogP contribution in [0.5, 0.6) is 0 Å². The van der Waals surface area contributed by atoms with Gasteiger partial charge in [0, 0.05) is 31.0 Å². The summed E-state index contributed by atoms with van der Waals surface area (Å²) < 4.78 is 0. The molecule has 5 nitrogen and oxygen atoms in total. The van der Waals surface area contributed by atoms with Crippen LogP contribution in [0.15, 0.2) is 42.5 Å². The highest BCUT2D eigenvalue weighted by Gasteiger charge is 2.15. The Bertz CT molecular complexity index is 817. The van der Waals surface area contributed by atoms with Gasteiger partial charge in [0.25, 0.3) is 0 Å². The van der Waals surface area contributed by atoms with Crippen LogP contribution in [0.3, 0.4) is 0 Å². The SMILES string of the molecule is Cc1cccc(C)c1NC(=O)C(=O)NCCc1ccc(N2CCCCCC2)cc1. The molecule has 2 N–H and O–H groups in total. The van der Waals surface area contributed by atoms with Crippen LogP contribution >= 0.6 is 0 Å². The lowest BCUT2D eigenvalue weighted by Gasteiger charge is -2.22. The molecule has 154 valence electrons. The summed E-state index contributed by atoms with van der Waals surface area (Å²) in [4.78, 5) is 26.8. The van der Waals surface area contributed by atoms with Crippen LogP contribution in [0, 0.1) is 13.8 Å². The van der Waals surface area contributed by atoms with Crippen LogP contribution in [-0.2, 0) is 16.0 Å². The molecule has 0 aliphatic carbocycles. The van der Waals surface area contributed by atoms with Crippen molar-refractivity contribution >= 4 is 23.2 Å². The molecule has 0 saturated carbocycles. The fourth-order valence-electron chi connectivity index (χ4n) is 3.78. The van der Waals surface area contributed by atoms with E-state index in [-0.39, 0.29) is 0 Å². The van der Waals surface area contributed by atoms with Gasteiger partial charge in [-0.25, -0.2) is 0 Å². The Morgan fingerprint density at radius 3 is 2.10 bits per heavy atom. The van der Waals surface area contributed by atoms with Gasteiger partial charge in [0.15, 0.2) is 0 Å². The highest BCUT2D eigenvalue weighted by molar-refractivity contribution is 6.39. The quantitative estimate of drug-likeness (QED) is 0.756. The van der Waals surface area contributed by atoms with Gasteiger partial charge in [-0.3, -0.25) is 9.59 Å². The number of carbonyl (C=O) groups is 2. The lowest BCUT2D eigenvalue weighted by atomic mass is 10.1. The minimum atomic E-state index is -0.626. The summed E-state index contributed by atoms with van der Waals surface area (Å²) in [6.45, 7) is 6.52. The molecule has 2 aromatic carbocycles. The molecular formula is C24H31N3O2. The summed E-state index contributed by atoms with van der Waals surface area (Å²) in [7, 11) is 0. The highest BCUT2D eigenvalue weighted by atomic mass is 16.2. The number of aryl methyl sites for hydroxylation is 2. The maximum atomic E-state index is 12.2. The van der Waals surface area contributed by atoms with Crippen LogP contribution in [0.4, 0.5) is 11.4 Å².